The monoisotopic (exact) mass is 444 g/mol. The number of likely N-dealkylation sites (tertiary alicyclic amines) is 1. The summed E-state index contributed by atoms with van der Waals surface area (Å²) < 4.78 is 3.27. The summed E-state index contributed by atoms with van der Waals surface area (Å²) in [5.74, 6) is 0.0988. The van der Waals surface area contributed by atoms with Gasteiger partial charge in [0.25, 0.3) is 5.56 Å². The van der Waals surface area contributed by atoms with E-state index in [1.165, 1.54) is 35.7 Å². The number of carbonyl (C=O) groups is 2. The molecule has 0 bridgehead atoms. The Morgan fingerprint density at radius 3 is 2.32 bits per heavy atom. The molecule has 0 spiro atoms. The van der Waals surface area contributed by atoms with Crippen molar-refractivity contribution in [2.75, 3.05) is 24.2 Å². The summed E-state index contributed by atoms with van der Waals surface area (Å²) >= 11 is 1.32. The zero-order chi connectivity index (χ0) is 22.4. The minimum Gasteiger partial charge on any atom is -0.342 e. The fourth-order valence-corrected chi connectivity index (χ4v) is 4.58. The van der Waals surface area contributed by atoms with Crippen molar-refractivity contribution in [3.8, 4) is 5.69 Å². The zero-order valence-electron chi connectivity index (χ0n) is 18.6. The highest BCUT2D eigenvalue weighted by Crippen LogP contribution is 2.18. The van der Waals surface area contributed by atoms with Crippen LogP contribution < -0.4 is 10.9 Å². The summed E-state index contributed by atoms with van der Waals surface area (Å²) in [5, 5.41) is 2.35. The van der Waals surface area contributed by atoms with Crippen LogP contribution in [0, 0.1) is 6.92 Å². The lowest BCUT2D eigenvalue weighted by molar-refractivity contribution is -0.128. The molecule has 0 aliphatic carbocycles. The van der Waals surface area contributed by atoms with E-state index in [0.29, 0.717) is 5.69 Å². The SMILES string of the molecule is Cc1c(NC(=O)C(C)SCC(=O)N2CCCCCCC2)c(=O)n(-c2ccccc2)n1C. The van der Waals surface area contributed by atoms with Gasteiger partial charge in [0.05, 0.1) is 22.4 Å². The van der Waals surface area contributed by atoms with Crippen LogP contribution in [-0.2, 0) is 16.6 Å². The molecule has 1 aliphatic heterocycles. The molecule has 1 N–H and O–H groups in total. The molecule has 2 amide bonds. The molecule has 2 heterocycles. The Bertz CT molecular complexity index is 959. The predicted octanol–water partition coefficient (Wildman–Crippen LogP) is 3.34. The third-order valence-electron chi connectivity index (χ3n) is 5.84. The van der Waals surface area contributed by atoms with Crippen LogP contribution in [0.1, 0.15) is 44.7 Å². The molecule has 1 unspecified atom stereocenters. The average Bonchev–Trinajstić information content (AvgIpc) is 2.95. The third kappa shape index (κ3) is 5.61. The van der Waals surface area contributed by atoms with E-state index in [1.807, 2.05) is 35.2 Å². The van der Waals surface area contributed by atoms with Gasteiger partial charge in [-0.25, -0.2) is 4.68 Å². The first-order valence-corrected chi connectivity index (χ1v) is 12.0. The highest BCUT2D eigenvalue weighted by molar-refractivity contribution is 8.01. The van der Waals surface area contributed by atoms with E-state index in [0.717, 1.165) is 31.6 Å². The first-order valence-electron chi connectivity index (χ1n) is 10.9. The molecule has 31 heavy (non-hydrogen) atoms. The topological polar surface area (TPSA) is 76.3 Å². The normalized spacial score (nSPS) is 15.8. The van der Waals surface area contributed by atoms with Gasteiger partial charge in [0.15, 0.2) is 0 Å². The van der Waals surface area contributed by atoms with Crippen molar-refractivity contribution in [3.63, 3.8) is 0 Å². The quantitative estimate of drug-likeness (QED) is 0.741. The minimum absolute atomic E-state index is 0.0916. The van der Waals surface area contributed by atoms with Crippen LogP contribution in [-0.4, -0.2) is 50.2 Å². The molecular weight excluding hydrogens is 412 g/mol. The second kappa shape index (κ2) is 10.7. The number of amides is 2. The first kappa shape index (κ1) is 23.2. The second-order valence-electron chi connectivity index (χ2n) is 8.03. The number of rotatable bonds is 6. The average molecular weight is 445 g/mol. The van der Waals surface area contributed by atoms with Crippen LogP contribution in [0.25, 0.3) is 5.69 Å². The van der Waals surface area contributed by atoms with Gasteiger partial charge in [-0.1, -0.05) is 37.5 Å². The van der Waals surface area contributed by atoms with Gasteiger partial charge in [-0.2, -0.15) is 0 Å². The number of hydrogen-bond acceptors (Lipinski definition) is 4. The standard InChI is InChI=1S/C23H32N4O3S/c1-17-21(23(30)27(25(17)3)19-12-8-7-9-13-19)24-22(29)18(2)31-16-20(28)26-14-10-5-4-6-11-15-26/h7-9,12-13,18H,4-6,10-11,14-16H2,1-3H3,(H,24,29). The second-order valence-corrected chi connectivity index (χ2v) is 9.36. The maximum absolute atomic E-state index is 13.0. The summed E-state index contributed by atoms with van der Waals surface area (Å²) in [5.41, 5.74) is 1.42. The molecule has 2 aromatic rings. The molecule has 168 valence electrons. The number of para-hydroxylation sites is 1. The number of hydrogen-bond donors (Lipinski definition) is 1. The van der Waals surface area contributed by atoms with Gasteiger partial charge in [0.1, 0.15) is 5.69 Å². The predicted molar refractivity (Wildman–Crippen MR) is 126 cm³/mol. The lowest BCUT2D eigenvalue weighted by Gasteiger charge is -2.25. The molecule has 1 aromatic heterocycles. The number of benzene rings is 1. The number of nitrogens with zero attached hydrogens (tertiary/aromatic N) is 3. The molecule has 1 aromatic carbocycles. The molecule has 8 heteroatoms. The molecule has 3 rings (SSSR count). The maximum atomic E-state index is 13.0. The van der Waals surface area contributed by atoms with E-state index >= 15 is 0 Å². The summed E-state index contributed by atoms with van der Waals surface area (Å²) in [6.07, 6.45) is 5.69. The Hall–Kier alpha value is -2.48. The Balaban J connectivity index is 1.62. The number of thioether (sulfide) groups is 1. The van der Waals surface area contributed by atoms with Crippen LogP contribution in [0.2, 0.25) is 0 Å². The van der Waals surface area contributed by atoms with E-state index < -0.39 is 5.25 Å². The van der Waals surface area contributed by atoms with Crippen molar-refractivity contribution in [2.24, 2.45) is 7.05 Å². The van der Waals surface area contributed by atoms with Crippen molar-refractivity contribution in [3.05, 3.63) is 46.4 Å². The third-order valence-corrected chi connectivity index (χ3v) is 6.96. The number of nitrogens with one attached hydrogen (secondary N) is 1. The highest BCUT2D eigenvalue weighted by Gasteiger charge is 2.23. The minimum atomic E-state index is -0.442. The van der Waals surface area contributed by atoms with E-state index in [4.69, 9.17) is 0 Å². The fourth-order valence-electron chi connectivity index (χ4n) is 3.80. The molecule has 1 aliphatic rings. The highest BCUT2D eigenvalue weighted by atomic mass is 32.2. The number of carbonyl (C=O) groups excluding carboxylic acids is 2. The van der Waals surface area contributed by atoms with Crippen LogP contribution in [0.4, 0.5) is 5.69 Å². The van der Waals surface area contributed by atoms with Gasteiger partial charge in [0.2, 0.25) is 11.8 Å². The van der Waals surface area contributed by atoms with Crippen LogP contribution in [0.5, 0.6) is 0 Å². The van der Waals surface area contributed by atoms with Gasteiger partial charge < -0.3 is 10.2 Å². The van der Waals surface area contributed by atoms with E-state index in [-0.39, 0.29) is 28.8 Å². The van der Waals surface area contributed by atoms with Crippen molar-refractivity contribution >= 4 is 29.3 Å². The zero-order valence-corrected chi connectivity index (χ0v) is 19.4. The molecule has 0 saturated carbocycles. The molecule has 7 nitrogen and oxygen atoms in total. The smallest absolute Gasteiger partial charge is 0.295 e. The van der Waals surface area contributed by atoms with Gasteiger partial charge in [-0.3, -0.25) is 19.1 Å². The molecule has 1 atom stereocenters. The molecule has 0 radical (unpaired) electrons. The van der Waals surface area contributed by atoms with Crippen LogP contribution >= 0.6 is 11.8 Å². The summed E-state index contributed by atoms with van der Waals surface area (Å²) in [7, 11) is 1.79. The molecule has 1 fully saturated rings. The molecule has 1 saturated heterocycles. The Kier molecular flexibility index (Phi) is 8.01. The van der Waals surface area contributed by atoms with Crippen molar-refractivity contribution in [1.29, 1.82) is 0 Å². The summed E-state index contributed by atoms with van der Waals surface area (Å²) in [4.78, 5) is 40.2. The van der Waals surface area contributed by atoms with Crippen LogP contribution in [0.3, 0.4) is 0 Å². The van der Waals surface area contributed by atoms with Crippen molar-refractivity contribution in [1.82, 2.24) is 14.3 Å². The Morgan fingerprint density at radius 2 is 1.68 bits per heavy atom. The number of aromatic nitrogens is 2. The fraction of sp³-hybridized carbons (Fsp3) is 0.522. The van der Waals surface area contributed by atoms with E-state index in [1.54, 1.807) is 25.6 Å². The van der Waals surface area contributed by atoms with Crippen molar-refractivity contribution in [2.45, 2.75) is 51.2 Å². The van der Waals surface area contributed by atoms with E-state index in [2.05, 4.69) is 5.32 Å². The van der Waals surface area contributed by atoms with Gasteiger partial charge in [-0.05, 0) is 38.8 Å². The van der Waals surface area contributed by atoms with Crippen LogP contribution in [0.15, 0.2) is 35.1 Å². The number of anilines is 1. The van der Waals surface area contributed by atoms with E-state index in [9.17, 15) is 14.4 Å². The Morgan fingerprint density at radius 1 is 1.06 bits per heavy atom. The summed E-state index contributed by atoms with van der Waals surface area (Å²) in [6, 6.07) is 9.32. The molecular formula is C23H32N4O3S. The first-order chi connectivity index (χ1) is 14.9. The van der Waals surface area contributed by atoms with Gasteiger partial charge >= 0.3 is 0 Å². The summed E-state index contributed by atoms with van der Waals surface area (Å²) in [6.45, 7) is 5.19. The lowest BCUT2D eigenvalue weighted by atomic mass is 10.1. The lowest BCUT2D eigenvalue weighted by Crippen LogP contribution is -2.36. The van der Waals surface area contributed by atoms with Gasteiger partial charge in [-0.15, -0.1) is 11.8 Å². The van der Waals surface area contributed by atoms with Crippen molar-refractivity contribution < 1.29 is 9.59 Å². The maximum Gasteiger partial charge on any atom is 0.295 e. The largest absolute Gasteiger partial charge is 0.342 e. The van der Waals surface area contributed by atoms with Gasteiger partial charge in [0, 0.05) is 20.1 Å². The Labute approximate surface area is 187 Å².